The number of nitrogens with one attached hydrogen (secondary N) is 1. The van der Waals surface area contributed by atoms with Crippen LogP contribution in [0.15, 0.2) is 0 Å². The topological polar surface area (TPSA) is 69.2 Å². The average Bonchev–Trinajstić information content (AvgIpc) is 2.60. The van der Waals surface area contributed by atoms with Gasteiger partial charge in [0, 0.05) is 18.7 Å². The number of halogens is 3. The minimum absolute atomic E-state index is 0.142. The molecule has 0 unspecified atom stereocenters. The van der Waals surface area contributed by atoms with E-state index in [0.717, 1.165) is 4.90 Å². The van der Waals surface area contributed by atoms with Crippen LogP contribution in [0.3, 0.4) is 0 Å². The van der Waals surface area contributed by atoms with E-state index in [9.17, 15) is 18.0 Å². The Hall–Kier alpha value is -1.73. The first-order valence-corrected chi connectivity index (χ1v) is 5.31. The van der Waals surface area contributed by atoms with Crippen LogP contribution >= 0.6 is 0 Å². The number of carboxylic acid groups (broad SMARTS) is 1. The van der Waals surface area contributed by atoms with E-state index >= 15 is 0 Å². The van der Waals surface area contributed by atoms with Gasteiger partial charge in [0.25, 0.3) is 0 Å². The minimum atomic E-state index is -4.55. The highest BCUT2D eigenvalue weighted by Crippen LogP contribution is 2.36. The molecule has 0 aliphatic carbocycles. The largest absolute Gasteiger partial charge is 0.465 e. The molecule has 0 saturated heterocycles. The van der Waals surface area contributed by atoms with Gasteiger partial charge >= 0.3 is 12.3 Å². The molecule has 1 aliphatic heterocycles. The molecular formula is C10H12F3N3O2. The lowest BCUT2D eigenvalue weighted by Crippen LogP contribution is -2.49. The quantitative estimate of drug-likeness (QED) is 0.753. The predicted octanol–water partition coefficient (Wildman–Crippen LogP) is 2.20. The molecule has 100 valence electrons. The molecule has 1 aromatic heterocycles. The van der Waals surface area contributed by atoms with Gasteiger partial charge in [-0.25, -0.2) is 9.78 Å². The summed E-state index contributed by atoms with van der Waals surface area (Å²) < 4.78 is 37.7. The molecule has 2 heterocycles. The van der Waals surface area contributed by atoms with E-state index in [1.165, 1.54) is 0 Å². The SMILES string of the molecule is CC1(C)c2nc(C(F)(F)F)[nH]c2CCN1C(=O)O. The number of nitrogens with zero attached hydrogens (tertiary/aromatic N) is 2. The number of aromatic nitrogens is 2. The van der Waals surface area contributed by atoms with E-state index in [1.807, 2.05) is 0 Å². The molecule has 0 atom stereocenters. The van der Waals surface area contributed by atoms with Crippen LogP contribution in [0.1, 0.15) is 31.1 Å². The summed E-state index contributed by atoms with van der Waals surface area (Å²) in [5.74, 6) is -1.08. The number of alkyl halides is 3. The van der Waals surface area contributed by atoms with Gasteiger partial charge in [-0.15, -0.1) is 0 Å². The van der Waals surface area contributed by atoms with Crippen LogP contribution in [-0.2, 0) is 18.1 Å². The second kappa shape index (κ2) is 3.63. The Morgan fingerprint density at radius 2 is 2.11 bits per heavy atom. The molecule has 0 spiro atoms. The van der Waals surface area contributed by atoms with Crippen LogP contribution in [0, 0.1) is 0 Å². The third kappa shape index (κ3) is 1.81. The number of hydrogen-bond acceptors (Lipinski definition) is 2. The summed E-state index contributed by atoms with van der Waals surface area (Å²) in [4.78, 5) is 17.9. The maximum atomic E-state index is 12.6. The highest BCUT2D eigenvalue weighted by atomic mass is 19.4. The van der Waals surface area contributed by atoms with Crippen LogP contribution in [0.25, 0.3) is 0 Å². The van der Waals surface area contributed by atoms with Crippen molar-refractivity contribution in [2.75, 3.05) is 6.54 Å². The van der Waals surface area contributed by atoms with Crippen molar-refractivity contribution in [3.63, 3.8) is 0 Å². The van der Waals surface area contributed by atoms with Crippen LogP contribution in [0.5, 0.6) is 0 Å². The monoisotopic (exact) mass is 263 g/mol. The van der Waals surface area contributed by atoms with Gasteiger partial charge in [-0.1, -0.05) is 0 Å². The zero-order valence-electron chi connectivity index (χ0n) is 9.80. The van der Waals surface area contributed by atoms with Crippen LogP contribution in [0.4, 0.5) is 18.0 Å². The van der Waals surface area contributed by atoms with E-state index in [2.05, 4.69) is 9.97 Å². The Kier molecular flexibility index (Phi) is 2.56. The molecule has 2 rings (SSSR count). The fourth-order valence-corrected chi connectivity index (χ4v) is 2.20. The number of amides is 1. The highest BCUT2D eigenvalue weighted by molar-refractivity contribution is 5.67. The first-order chi connectivity index (χ1) is 8.14. The molecule has 0 radical (unpaired) electrons. The van der Waals surface area contributed by atoms with Gasteiger partial charge in [0.05, 0.1) is 11.2 Å². The lowest BCUT2D eigenvalue weighted by molar-refractivity contribution is -0.144. The van der Waals surface area contributed by atoms with Gasteiger partial charge < -0.3 is 10.1 Å². The fraction of sp³-hybridized carbons (Fsp3) is 0.600. The number of fused-ring (bicyclic) bond motifs is 1. The molecule has 1 aliphatic rings. The van der Waals surface area contributed by atoms with Crippen LogP contribution in [-0.4, -0.2) is 32.6 Å². The summed E-state index contributed by atoms with van der Waals surface area (Å²) in [5.41, 5.74) is -0.576. The first kappa shape index (κ1) is 12.7. The maximum Gasteiger partial charge on any atom is 0.449 e. The zero-order chi connectivity index (χ0) is 13.7. The molecule has 1 amide bonds. The van der Waals surface area contributed by atoms with Crippen molar-refractivity contribution in [1.29, 1.82) is 0 Å². The lowest BCUT2D eigenvalue weighted by Gasteiger charge is -2.39. The van der Waals surface area contributed by atoms with E-state index in [0.29, 0.717) is 5.69 Å². The van der Waals surface area contributed by atoms with Gasteiger partial charge in [-0.3, -0.25) is 4.90 Å². The summed E-state index contributed by atoms with van der Waals surface area (Å²) in [6.45, 7) is 3.23. The van der Waals surface area contributed by atoms with Crippen molar-refractivity contribution in [1.82, 2.24) is 14.9 Å². The first-order valence-electron chi connectivity index (χ1n) is 5.31. The second-order valence-corrected chi connectivity index (χ2v) is 4.65. The maximum absolute atomic E-state index is 12.6. The van der Waals surface area contributed by atoms with Gasteiger partial charge in [0.15, 0.2) is 0 Å². The zero-order valence-corrected chi connectivity index (χ0v) is 9.80. The summed E-state index contributed by atoms with van der Waals surface area (Å²) >= 11 is 0. The lowest BCUT2D eigenvalue weighted by atomic mass is 9.91. The van der Waals surface area contributed by atoms with E-state index in [4.69, 9.17) is 5.11 Å². The third-order valence-electron chi connectivity index (χ3n) is 3.12. The Labute approximate surface area is 101 Å². The fourth-order valence-electron chi connectivity index (χ4n) is 2.20. The van der Waals surface area contributed by atoms with Gasteiger partial charge in [0.2, 0.25) is 5.82 Å². The van der Waals surface area contributed by atoms with Crippen LogP contribution < -0.4 is 0 Å². The molecule has 5 nitrogen and oxygen atoms in total. The van der Waals surface area contributed by atoms with Gasteiger partial charge in [-0.05, 0) is 13.8 Å². The average molecular weight is 263 g/mol. The molecule has 18 heavy (non-hydrogen) atoms. The Morgan fingerprint density at radius 1 is 1.50 bits per heavy atom. The normalized spacial score (nSPS) is 18.6. The summed E-state index contributed by atoms with van der Waals surface area (Å²) in [5, 5.41) is 9.03. The Morgan fingerprint density at radius 3 is 2.61 bits per heavy atom. The van der Waals surface area contributed by atoms with E-state index in [1.54, 1.807) is 13.8 Å². The smallest absolute Gasteiger partial charge is 0.449 e. The Balaban J connectivity index is 2.48. The number of hydrogen-bond donors (Lipinski definition) is 2. The summed E-state index contributed by atoms with van der Waals surface area (Å²) in [6, 6.07) is 0. The molecule has 0 aromatic carbocycles. The predicted molar refractivity (Wildman–Crippen MR) is 55.1 cm³/mol. The molecule has 0 saturated carbocycles. The van der Waals surface area contributed by atoms with Gasteiger partial charge in [-0.2, -0.15) is 13.2 Å². The summed E-state index contributed by atoms with van der Waals surface area (Å²) in [6.07, 6.45) is -5.52. The second-order valence-electron chi connectivity index (χ2n) is 4.65. The molecule has 1 aromatic rings. The molecule has 8 heteroatoms. The summed E-state index contributed by atoms with van der Waals surface area (Å²) in [7, 11) is 0. The van der Waals surface area contributed by atoms with Crippen molar-refractivity contribution >= 4 is 6.09 Å². The third-order valence-corrected chi connectivity index (χ3v) is 3.12. The number of carbonyl (C=O) groups is 1. The number of imidazole rings is 1. The minimum Gasteiger partial charge on any atom is -0.465 e. The molecule has 2 N–H and O–H groups in total. The Bertz CT molecular complexity index is 493. The standard InChI is InChI=1S/C10H12F3N3O2/c1-9(2)6-5(3-4-16(9)8(17)18)14-7(15-6)10(11,12)13/h3-4H2,1-2H3,(H,14,15)(H,17,18). The number of H-pyrrole nitrogens is 1. The van der Waals surface area contributed by atoms with Crippen LogP contribution in [0.2, 0.25) is 0 Å². The van der Waals surface area contributed by atoms with Gasteiger partial charge in [0.1, 0.15) is 0 Å². The van der Waals surface area contributed by atoms with Crippen molar-refractivity contribution in [3.05, 3.63) is 17.2 Å². The van der Waals surface area contributed by atoms with Crippen molar-refractivity contribution < 1.29 is 23.1 Å². The highest BCUT2D eigenvalue weighted by Gasteiger charge is 2.44. The van der Waals surface area contributed by atoms with E-state index < -0.39 is 23.6 Å². The van der Waals surface area contributed by atoms with Crippen molar-refractivity contribution in [2.24, 2.45) is 0 Å². The van der Waals surface area contributed by atoms with Crippen molar-refractivity contribution in [2.45, 2.75) is 32.0 Å². The molecular weight excluding hydrogens is 251 g/mol. The number of aromatic amines is 1. The van der Waals surface area contributed by atoms with Crippen molar-refractivity contribution in [3.8, 4) is 0 Å². The number of rotatable bonds is 0. The van der Waals surface area contributed by atoms with E-state index in [-0.39, 0.29) is 18.7 Å². The molecule has 0 fully saturated rings. The molecule has 0 bridgehead atoms.